The predicted molar refractivity (Wildman–Crippen MR) is 93.0 cm³/mol. The summed E-state index contributed by atoms with van der Waals surface area (Å²) < 4.78 is 5.48. The van der Waals surface area contributed by atoms with Crippen LogP contribution in [0.1, 0.15) is 42.4 Å². The van der Waals surface area contributed by atoms with E-state index < -0.39 is 0 Å². The molecule has 6 nitrogen and oxygen atoms in total. The Labute approximate surface area is 142 Å². The fourth-order valence-electron chi connectivity index (χ4n) is 3.69. The molecule has 1 atom stereocenters. The van der Waals surface area contributed by atoms with Gasteiger partial charge in [0.05, 0.1) is 12.3 Å². The van der Waals surface area contributed by atoms with Gasteiger partial charge < -0.3 is 15.4 Å². The molecule has 2 aliphatic heterocycles. The monoisotopic (exact) mass is 325 g/mol. The first-order valence-electron chi connectivity index (χ1n) is 8.66. The SMILES string of the molecule is Nc1nc([C@H]2CCOC2)cc(N2CCC(c3ccncc3)CC2)n1. The normalized spacial score (nSPS) is 22.0. The maximum absolute atomic E-state index is 5.96. The number of aromatic nitrogens is 3. The van der Waals surface area contributed by atoms with E-state index in [1.54, 1.807) is 0 Å². The van der Waals surface area contributed by atoms with Crippen molar-refractivity contribution in [3.63, 3.8) is 0 Å². The topological polar surface area (TPSA) is 77.2 Å². The summed E-state index contributed by atoms with van der Waals surface area (Å²) in [7, 11) is 0. The Kier molecular flexibility index (Phi) is 4.30. The minimum atomic E-state index is 0.350. The molecular weight excluding hydrogens is 302 g/mol. The molecule has 126 valence electrons. The van der Waals surface area contributed by atoms with Crippen molar-refractivity contribution in [2.24, 2.45) is 0 Å². The molecule has 24 heavy (non-hydrogen) atoms. The molecule has 2 aliphatic rings. The summed E-state index contributed by atoms with van der Waals surface area (Å²) >= 11 is 0. The first kappa shape index (κ1) is 15.3. The second kappa shape index (κ2) is 6.73. The summed E-state index contributed by atoms with van der Waals surface area (Å²) in [6.07, 6.45) is 7.01. The van der Waals surface area contributed by atoms with E-state index >= 15 is 0 Å². The Morgan fingerprint density at radius 3 is 2.54 bits per heavy atom. The lowest BCUT2D eigenvalue weighted by atomic mass is 9.90. The number of nitrogens with two attached hydrogens (primary N) is 1. The molecule has 0 saturated carbocycles. The number of hydrogen-bond donors (Lipinski definition) is 1. The first-order valence-corrected chi connectivity index (χ1v) is 8.66. The third-order valence-corrected chi connectivity index (χ3v) is 5.09. The van der Waals surface area contributed by atoms with Crippen LogP contribution in [0.3, 0.4) is 0 Å². The van der Waals surface area contributed by atoms with Crippen LogP contribution < -0.4 is 10.6 Å². The Balaban J connectivity index is 1.47. The van der Waals surface area contributed by atoms with E-state index in [-0.39, 0.29) is 0 Å². The van der Waals surface area contributed by atoms with Gasteiger partial charge in [0.2, 0.25) is 5.95 Å². The van der Waals surface area contributed by atoms with E-state index in [0.29, 0.717) is 17.8 Å². The highest BCUT2D eigenvalue weighted by molar-refractivity contribution is 5.45. The van der Waals surface area contributed by atoms with E-state index in [0.717, 1.165) is 57.1 Å². The molecule has 4 heterocycles. The van der Waals surface area contributed by atoms with E-state index in [4.69, 9.17) is 10.5 Å². The summed E-state index contributed by atoms with van der Waals surface area (Å²) in [5.74, 6) is 2.28. The van der Waals surface area contributed by atoms with Crippen molar-refractivity contribution in [2.75, 3.05) is 36.9 Å². The molecule has 0 aromatic carbocycles. The van der Waals surface area contributed by atoms with Crippen LogP contribution >= 0.6 is 0 Å². The van der Waals surface area contributed by atoms with Crippen molar-refractivity contribution in [2.45, 2.75) is 31.1 Å². The van der Waals surface area contributed by atoms with Crippen LogP contribution in [0.15, 0.2) is 30.6 Å². The quantitative estimate of drug-likeness (QED) is 0.933. The van der Waals surface area contributed by atoms with Crippen LogP contribution in [0.2, 0.25) is 0 Å². The number of pyridine rings is 1. The minimum absolute atomic E-state index is 0.350. The summed E-state index contributed by atoms with van der Waals surface area (Å²) in [5.41, 5.74) is 8.36. The van der Waals surface area contributed by atoms with E-state index in [9.17, 15) is 0 Å². The van der Waals surface area contributed by atoms with Gasteiger partial charge in [0, 0.05) is 44.1 Å². The maximum Gasteiger partial charge on any atom is 0.222 e. The molecule has 0 bridgehead atoms. The summed E-state index contributed by atoms with van der Waals surface area (Å²) in [5, 5.41) is 0. The Bertz CT molecular complexity index is 679. The zero-order valence-electron chi connectivity index (χ0n) is 13.8. The highest BCUT2D eigenvalue weighted by atomic mass is 16.5. The van der Waals surface area contributed by atoms with Crippen molar-refractivity contribution in [1.82, 2.24) is 15.0 Å². The molecule has 0 unspecified atom stereocenters. The van der Waals surface area contributed by atoms with Gasteiger partial charge in [0.15, 0.2) is 0 Å². The van der Waals surface area contributed by atoms with Gasteiger partial charge in [-0.15, -0.1) is 0 Å². The van der Waals surface area contributed by atoms with Crippen LogP contribution in [-0.2, 0) is 4.74 Å². The number of rotatable bonds is 3. The second-order valence-corrected chi connectivity index (χ2v) is 6.61. The van der Waals surface area contributed by atoms with Crippen molar-refractivity contribution in [3.05, 3.63) is 41.9 Å². The average molecular weight is 325 g/mol. The predicted octanol–water partition coefficient (Wildman–Crippen LogP) is 2.34. The van der Waals surface area contributed by atoms with Crippen LogP contribution in [0.4, 0.5) is 11.8 Å². The number of ether oxygens (including phenoxy) is 1. The van der Waals surface area contributed by atoms with Gasteiger partial charge in [-0.1, -0.05) is 0 Å². The molecule has 4 rings (SSSR count). The highest BCUT2D eigenvalue weighted by Gasteiger charge is 2.24. The average Bonchev–Trinajstić information content (AvgIpc) is 3.17. The lowest BCUT2D eigenvalue weighted by molar-refractivity contribution is 0.193. The summed E-state index contributed by atoms with van der Waals surface area (Å²) in [6, 6.07) is 6.35. The van der Waals surface area contributed by atoms with Crippen LogP contribution in [-0.4, -0.2) is 41.3 Å². The molecule has 0 radical (unpaired) electrons. The Hall–Kier alpha value is -2.21. The van der Waals surface area contributed by atoms with Crippen LogP contribution in [0, 0.1) is 0 Å². The van der Waals surface area contributed by atoms with Crippen LogP contribution in [0.5, 0.6) is 0 Å². The molecule has 2 saturated heterocycles. The number of piperidine rings is 1. The molecule has 2 aromatic heterocycles. The van der Waals surface area contributed by atoms with Crippen LogP contribution in [0.25, 0.3) is 0 Å². The maximum atomic E-state index is 5.96. The van der Waals surface area contributed by atoms with E-state index in [1.165, 1.54) is 5.56 Å². The molecule has 0 aliphatic carbocycles. The van der Waals surface area contributed by atoms with Gasteiger partial charge in [0.25, 0.3) is 0 Å². The van der Waals surface area contributed by atoms with E-state index in [2.05, 4.69) is 38.1 Å². The van der Waals surface area contributed by atoms with Crippen molar-refractivity contribution >= 4 is 11.8 Å². The van der Waals surface area contributed by atoms with Gasteiger partial charge in [-0.25, -0.2) is 4.98 Å². The Morgan fingerprint density at radius 1 is 1.04 bits per heavy atom. The third-order valence-electron chi connectivity index (χ3n) is 5.09. The molecule has 0 spiro atoms. The molecule has 2 aromatic rings. The summed E-state index contributed by atoms with van der Waals surface area (Å²) in [6.45, 7) is 3.52. The lowest BCUT2D eigenvalue weighted by Gasteiger charge is -2.33. The molecule has 2 N–H and O–H groups in total. The highest BCUT2D eigenvalue weighted by Crippen LogP contribution is 2.31. The number of nitrogen functional groups attached to an aromatic ring is 1. The number of anilines is 2. The zero-order chi connectivity index (χ0) is 16.4. The number of nitrogens with zero attached hydrogens (tertiary/aromatic N) is 4. The van der Waals surface area contributed by atoms with E-state index in [1.807, 2.05) is 12.4 Å². The smallest absolute Gasteiger partial charge is 0.222 e. The van der Waals surface area contributed by atoms with Gasteiger partial charge in [0.1, 0.15) is 5.82 Å². The molecular formula is C18H23N5O. The van der Waals surface area contributed by atoms with Gasteiger partial charge in [-0.3, -0.25) is 4.98 Å². The lowest BCUT2D eigenvalue weighted by Crippen LogP contribution is -2.33. The molecule has 0 amide bonds. The van der Waals surface area contributed by atoms with Gasteiger partial charge in [-0.2, -0.15) is 4.98 Å². The fourth-order valence-corrected chi connectivity index (χ4v) is 3.69. The zero-order valence-corrected chi connectivity index (χ0v) is 13.8. The van der Waals surface area contributed by atoms with Crippen molar-refractivity contribution in [1.29, 1.82) is 0 Å². The van der Waals surface area contributed by atoms with Gasteiger partial charge in [-0.05, 0) is 42.9 Å². The largest absolute Gasteiger partial charge is 0.381 e. The standard InChI is InChI=1S/C18H23N5O/c19-18-21-16(15-5-10-24-12-15)11-17(22-18)23-8-3-14(4-9-23)13-1-6-20-7-2-13/h1-2,6-7,11,14-15H,3-5,8-10,12H2,(H2,19,21,22)/t15-/m0/s1. The molecule has 2 fully saturated rings. The first-order chi connectivity index (χ1) is 11.8. The van der Waals surface area contributed by atoms with Crippen molar-refractivity contribution < 1.29 is 4.74 Å². The summed E-state index contributed by atoms with van der Waals surface area (Å²) in [4.78, 5) is 15.3. The fraction of sp³-hybridized carbons (Fsp3) is 0.500. The Morgan fingerprint density at radius 2 is 1.83 bits per heavy atom. The number of hydrogen-bond acceptors (Lipinski definition) is 6. The van der Waals surface area contributed by atoms with Crippen molar-refractivity contribution in [3.8, 4) is 0 Å². The third kappa shape index (κ3) is 3.19. The minimum Gasteiger partial charge on any atom is -0.381 e. The molecule has 6 heteroatoms. The van der Waals surface area contributed by atoms with Gasteiger partial charge >= 0.3 is 0 Å². The second-order valence-electron chi connectivity index (χ2n) is 6.61.